The minimum atomic E-state index is -1.90. The van der Waals surface area contributed by atoms with Crippen molar-refractivity contribution in [2.24, 2.45) is 0 Å². The van der Waals surface area contributed by atoms with Crippen molar-refractivity contribution >= 4 is 16.6 Å². The summed E-state index contributed by atoms with van der Waals surface area (Å²) >= 11 is 0. The molecule has 218 valence electrons. The molecule has 2 aliphatic carbocycles. The minimum Gasteiger partial charge on any atom is -1.00 e. The van der Waals surface area contributed by atoms with E-state index in [9.17, 15) is 0 Å². The third-order valence-corrected chi connectivity index (χ3v) is 18.5. The van der Waals surface area contributed by atoms with Crippen LogP contribution in [0.4, 0.5) is 0 Å². The molecule has 39 heavy (non-hydrogen) atoms. The molecule has 2 nitrogen and oxygen atoms in total. The first-order valence-electron chi connectivity index (χ1n) is 14.6. The van der Waals surface area contributed by atoms with Crippen LogP contribution in [-0.2, 0) is 64.4 Å². The number of fused-ring (bicyclic) bond motifs is 2. The maximum atomic E-state index is 7.08. The van der Waals surface area contributed by atoms with Gasteiger partial charge < -0.3 is 33.7 Å². The predicted molar refractivity (Wildman–Crippen MR) is 160 cm³/mol. The molecule has 0 saturated heterocycles. The molecule has 4 rings (SSSR count). The fraction of sp³-hybridized carbons (Fsp3) is 0.688. The van der Waals surface area contributed by atoms with E-state index >= 15 is 0 Å². The standard InChI is InChI=1S/C32H52O2Si2.2ClH.Hf/c1-31(2,3)35(7,8)33-29-25(21-23-15-11-13-17-27(23)29)19-20-26-22-24-16-12-14-18-28(24)30(26)34-36(9,10)32(4,5)6;;;/h21-22H,11-20H2,1-10H3;2*1H;/q-2;;;+4/p-2. The zero-order valence-electron chi connectivity index (χ0n) is 26.3. The summed E-state index contributed by atoms with van der Waals surface area (Å²) in [5.41, 5.74) is 9.07. The van der Waals surface area contributed by atoms with E-state index in [1.54, 1.807) is 11.1 Å². The molecule has 0 aliphatic heterocycles. The number of hydrogen-bond acceptors (Lipinski definition) is 2. The second-order valence-corrected chi connectivity index (χ2v) is 24.1. The van der Waals surface area contributed by atoms with Gasteiger partial charge in [-0.25, -0.2) is 0 Å². The van der Waals surface area contributed by atoms with Crippen LogP contribution in [0.3, 0.4) is 0 Å². The van der Waals surface area contributed by atoms with E-state index < -0.39 is 16.6 Å². The molecule has 2 aromatic rings. The number of aryl methyl sites for hydroxylation is 4. The number of rotatable bonds is 7. The smallest absolute Gasteiger partial charge is 1.00 e. The fourth-order valence-corrected chi connectivity index (χ4v) is 7.49. The summed E-state index contributed by atoms with van der Waals surface area (Å²) in [5.74, 6) is 2.53. The number of hydrogen-bond donors (Lipinski definition) is 0. The molecule has 0 aromatic heterocycles. The molecule has 2 aliphatic rings. The quantitative estimate of drug-likeness (QED) is 0.318. The Bertz CT molecular complexity index is 1000. The maximum absolute atomic E-state index is 7.08. The zero-order chi connectivity index (χ0) is 26.5. The van der Waals surface area contributed by atoms with E-state index in [2.05, 4.69) is 79.9 Å². The van der Waals surface area contributed by atoms with Crippen LogP contribution in [0.1, 0.15) is 101 Å². The minimum absolute atomic E-state index is 0. The first kappa shape index (κ1) is 37.2. The molecule has 2 aromatic carbocycles. The first-order valence-corrected chi connectivity index (χ1v) is 20.4. The van der Waals surface area contributed by atoms with E-state index in [1.165, 1.54) is 85.1 Å². The Morgan fingerprint density at radius 3 is 1.21 bits per heavy atom. The molecule has 0 amide bonds. The second-order valence-electron chi connectivity index (χ2n) is 14.6. The molecule has 0 bridgehead atoms. The van der Waals surface area contributed by atoms with Gasteiger partial charge in [0, 0.05) is 0 Å². The summed E-state index contributed by atoms with van der Waals surface area (Å²) in [4.78, 5) is 0. The van der Waals surface area contributed by atoms with Crippen LogP contribution in [-0.4, -0.2) is 16.6 Å². The van der Waals surface area contributed by atoms with E-state index in [0.717, 1.165) is 12.8 Å². The molecular weight excluding hydrogens is 722 g/mol. The zero-order valence-corrected chi connectivity index (χ0v) is 33.4. The summed E-state index contributed by atoms with van der Waals surface area (Å²) in [7, 11) is -3.80. The van der Waals surface area contributed by atoms with E-state index in [1.807, 2.05) is 0 Å². The Balaban J connectivity index is 0.00000253. The van der Waals surface area contributed by atoms with Gasteiger partial charge in [-0.1, -0.05) is 92.9 Å². The van der Waals surface area contributed by atoms with Gasteiger partial charge in [0.05, 0.1) is 0 Å². The van der Waals surface area contributed by atoms with Crippen LogP contribution in [0, 0.1) is 0 Å². The van der Waals surface area contributed by atoms with Crippen molar-refractivity contribution in [1.82, 2.24) is 0 Å². The normalized spacial score (nSPS) is 15.7. The molecule has 0 unspecified atom stereocenters. The van der Waals surface area contributed by atoms with Gasteiger partial charge in [-0.05, 0) is 60.6 Å². The average molecular weight is 774 g/mol. The summed E-state index contributed by atoms with van der Waals surface area (Å²) in [6.45, 7) is 23.7. The van der Waals surface area contributed by atoms with E-state index in [0.29, 0.717) is 0 Å². The van der Waals surface area contributed by atoms with Crippen molar-refractivity contribution in [3.63, 3.8) is 0 Å². The van der Waals surface area contributed by atoms with E-state index in [-0.39, 0.29) is 60.7 Å². The molecule has 0 spiro atoms. The van der Waals surface area contributed by atoms with E-state index in [4.69, 9.17) is 8.85 Å². The fourth-order valence-electron chi connectivity index (χ4n) is 5.35. The van der Waals surface area contributed by atoms with Gasteiger partial charge in [0.1, 0.15) is 0 Å². The van der Waals surface area contributed by atoms with Gasteiger partial charge in [0.25, 0.3) is 0 Å². The summed E-state index contributed by atoms with van der Waals surface area (Å²) in [6.07, 6.45) is 12.1. The van der Waals surface area contributed by atoms with Crippen molar-refractivity contribution in [3.05, 3.63) is 45.5 Å². The summed E-state index contributed by atoms with van der Waals surface area (Å²) in [5, 5.41) is 0.413. The molecule has 0 radical (unpaired) electrons. The molecule has 7 heteroatoms. The summed E-state index contributed by atoms with van der Waals surface area (Å²) < 4.78 is 14.2. The number of halogens is 2. The average Bonchev–Trinajstić information content (AvgIpc) is 3.28. The van der Waals surface area contributed by atoms with Crippen LogP contribution in [0.5, 0.6) is 11.5 Å². The van der Waals surface area contributed by atoms with Gasteiger partial charge in [-0.3, -0.25) is 0 Å². The van der Waals surface area contributed by atoms with Crippen LogP contribution in [0.25, 0.3) is 0 Å². The van der Waals surface area contributed by atoms with Gasteiger partial charge in [-0.2, -0.15) is 34.4 Å². The summed E-state index contributed by atoms with van der Waals surface area (Å²) in [6, 6.07) is 5.02. The maximum Gasteiger partial charge on any atom is 4.00 e. The Hall–Kier alpha value is 0.184. The molecule has 0 saturated carbocycles. The second kappa shape index (κ2) is 13.7. The molecule has 0 atom stereocenters. The largest absolute Gasteiger partial charge is 4.00 e. The Kier molecular flexibility index (Phi) is 13.0. The van der Waals surface area contributed by atoms with Gasteiger partial charge in [0.2, 0.25) is 16.6 Å². The molecule has 0 N–H and O–H groups in total. The molecule has 0 heterocycles. The SMILES string of the molecule is CC(C)(C)[Si](C)(C)Oc1c(CCc2[cH-]c3c(c2O[Si](C)(C)C(C)(C)C)CCCC3)[cH-]c2c1CCCC2.[Cl-].[Cl-].[Hf+4]. The van der Waals surface area contributed by atoms with Crippen molar-refractivity contribution in [2.75, 3.05) is 0 Å². The topological polar surface area (TPSA) is 18.5 Å². The third-order valence-electron chi connectivity index (χ3n) is 9.84. The Morgan fingerprint density at radius 2 is 0.897 bits per heavy atom. The Labute approximate surface area is 273 Å². The van der Waals surface area contributed by atoms with Crippen LogP contribution < -0.4 is 33.7 Å². The van der Waals surface area contributed by atoms with Crippen LogP contribution in [0.15, 0.2) is 12.1 Å². The predicted octanol–water partition coefficient (Wildman–Crippen LogP) is 3.44. The molecular formula is C32H52Cl2HfO2Si2. The van der Waals surface area contributed by atoms with Gasteiger partial charge >= 0.3 is 25.8 Å². The van der Waals surface area contributed by atoms with Crippen molar-refractivity contribution in [2.45, 2.75) is 142 Å². The molecule has 0 fully saturated rings. The first-order chi connectivity index (χ1) is 16.6. The monoisotopic (exact) mass is 774 g/mol. The van der Waals surface area contributed by atoms with Crippen LogP contribution in [0.2, 0.25) is 36.3 Å². The van der Waals surface area contributed by atoms with Crippen molar-refractivity contribution < 1.29 is 59.5 Å². The van der Waals surface area contributed by atoms with Crippen LogP contribution >= 0.6 is 0 Å². The van der Waals surface area contributed by atoms with Crippen molar-refractivity contribution in [1.29, 1.82) is 0 Å². The van der Waals surface area contributed by atoms with Gasteiger partial charge in [-0.15, -0.1) is 11.1 Å². The van der Waals surface area contributed by atoms with Crippen molar-refractivity contribution in [3.8, 4) is 11.5 Å². The third kappa shape index (κ3) is 7.97. The van der Waals surface area contributed by atoms with Gasteiger partial charge in [0.15, 0.2) is 0 Å². The Morgan fingerprint density at radius 1 is 0.590 bits per heavy atom.